The fraction of sp³-hybridized carbons (Fsp3) is 0.562. The van der Waals surface area contributed by atoms with E-state index in [0.717, 1.165) is 31.5 Å². The highest BCUT2D eigenvalue weighted by Crippen LogP contribution is 2.33. The maximum atomic E-state index is 11.2. The highest BCUT2D eigenvalue weighted by molar-refractivity contribution is 5.68. The van der Waals surface area contributed by atoms with E-state index in [-0.39, 0.29) is 12.5 Å². The molecule has 0 spiro atoms. The summed E-state index contributed by atoms with van der Waals surface area (Å²) in [5, 5.41) is 9.24. The van der Waals surface area contributed by atoms with Crippen molar-refractivity contribution in [3.8, 4) is 11.5 Å². The molecule has 21 heavy (non-hydrogen) atoms. The number of carboxylic acids is 1. The topological polar surface area (TPSA) is 59.0 Å². The first-order valence-electron chi connectivity index (χ1n) is 7.33. The van der Waals surface area contributed by atoms with Crippen LogP contribution >= 0.6 is 0 Å². The first-order valence-corrected chi connectivity index (χ1v) is 7.33. The zero-order valence-corrected chi connectivity index (χ0v) is 12.7. The summed E-state index contributed by atoms with van der Waals surface area (Å²) in [7, 11) is 3.21. The highest BCUT2D eigenvalue weighted by Gasteiger charge is 2.25. The zero-order chi connectivity index (χ0) is 15.2. The van der Waals surface area contributed by atoms with Gasteiger partial charge < -0.3 is 14.6 Å². The zero-order valence-electron chi connectivity index (χ0n) is 12.7. The Labute approximate surface area is 125 Å². The molecular formula is C16H23NO4. The fourth-order valence-corrected chi connectivity index (χ4v) is 2.88. The van der Waals surface area contributed by atoms with Gasteiger partial charge in [0.1, 0.15) is 11.5 Å². The van der Waals surface area contributed by atoms with Crippen LogP contribution in [0.5, 0.6) is 11.5 Å². The molecule has 0 bridgehead atoms. The quantitative estimate of drug-likeness (QED) is 0.874. The van der Waals surface area contributed by atoms with Gasteiger partial charge in [-0.2, -0.15) is 0 Å². The third-order valence-corrected chi connectivity index (χ3v) is 3.96. The van der Waals surface area contributed by atoms with E-state index < -0.39 is 5.97 Å². The molecule has 1 aliphatic rings. The first-order chi connectivity index (χ1) is 10.1. The number of hydrogen-bond acceptors (Lipinski definition) is 4. The van der Waals surface area contributed by atoms with Crippen LogP contribution in [0.15, 0.2) is 18.2 Å². The first kappa shape index (κ1) is 15.6. The number of methoxy groups -OCH3 is 2. The minimum absolute atomic E-state index is 0.0936. The molecule has 5 heteroatoms. The van der Waals surface area contributed by atoms with Crippen LogP contribution in [0.4, 0.5) is 0 Å². The van der Waals surface area contributed by atoms with Gasteiger partial charge >= 0.3 is 5.97 Å². The number of benzene rings is 1. The van der Waals surface area contributed by atoms with E-state index in [0.29, 0.717) is 11.5 Å². The molecule has 0 aliphatic carbocycles. The summed E-state index contributed by atoms with van der Waals surface area (Å²) in [6.07, 6.45) is 3.56. The molecule has 1 aromatic carbocycles. The minimum atomic E-state index is -0.785. The summed E-state index contributed by atoms with van der Waals surface area (Å²) in [5.74, 6) is 0.598. The van der Waals surface area contributed by atoms with E-state index in [4.69, 9.17) is 9.47 Å². The second-order valence-electron chi connectivity index (χ2n) is 5.36. The molecule has 2 rings (SSSR count). The van der Waals surface area contributed by atoms with E-state index in [1.807, 2.05) is 12.1 Å². The summed E-state index contributed by atoms with van der Waals surface area (Å²) < 4.78 is 10.6. The lowest BCUT2D eigenvalue weighted by Gasteiger charge is -2.34. The van der Waals surface area contributed by atoms with Crippen LogP contribution in [0.3, 0.4) is 0 Å². The molecule has 1 fully saturated rings. The van der Waals surface area contributed by atoms with Gasteiger partial charge in [0, 0.05) is 12.1 Å². The van der Waals surface area contributed by atoms with Crippen molar-refractivity contribution in [2.75, 3.05) is 27.3 Å². The fourth-order valence-electron chi connectivity index (χ4n) is 2.88. The lowest BCUT2D eigenvalue weighted by atomic mass is 9.98. The molecule has 1 atom stereocenters. The molecular weight excluding hydrogens is 270 g/mol. The highest BCUT2D eigenvalue weighted by atomic mass is 16.5. The number of nitrogens with zero attached hydrogens (tertiary/aromatic N) is 1. The molecule has 5 nitrogen and oxygen atoms in total. The Morgan fingerprint density at radius 1 is 1.14 bits per heavy atom. The van der Waals surface area contributed by atoms with Crippen LogP contribution in [0, 0.1) is 0 Å². The number of carboxylic acid groups (broad SMARTS) is 1. The monoisotopic (exact) mass is 293 g/mol. The molecule has 1 saturated heterocycles. The van der Waals surface area contributed by atoms with E-state index in [1.165, 1.54) is 6.42 Å². The summed E-state index contributed by atoms with van der Waals surface area (Å²) >= 11 is 0. The van der Waals surface area contributed by atoms with Gasteiger partial charge in [0.15, 0.2) is 0 Å². The number of hydrogen-bond donors (Lipinski definition) is 1. The van der Waals surface area contributed by atoms with Gasteiger partial charge in [0.05, 0.1) is 20.6 Å². The van der Waals surface area contributed by atoms with Gasteiger partial charge in [-0.1, -0.05) is 6.42 Å². The second kappa shape index (κ2) is 7.31. The standard InChI is InChI=1S/C16H23NO4/c1-20-13-8-12(9-14(10-13)21-2)15(11-16(18)19)17-6-4-3-5-7-17/h8-10,15H,3-7,11H2,1-2H3,(H,18,19). The van der Waals surface area contributed by atoms with Gasteiger partial charge in [-0.15, -0.1) is 0 Å². The van der Waals surface area contributed by atoms with Crippen molar-refractivity contribution in [2.45, 2.75) is 31.7 Å². The summed E-state index contributed by atoms with van der Waals surface area (Å²) in [5.41, 5.74) is 0.940. The van der Waals surface area contributed by atoms with Gasteiger partial charge in [0.2, 0.25) is 0 Å². The Morgan fingerprint density at radius 3 is 2.19 bits per heavy atom. The Hall–Kier alpha value is -1.75. The maximum absolute atomic E-state index is 11.2. The molecule has 1 aliphatic heterocycles. The molecule has 1 unspecified atom stereocenters. The Kier molecular flexibility index (Phi) is 5.44. The van der Waals surface area contributed by atoms with Gasteiger partial charge in [-0.25, -0.2) is 0 Å². The van der Waals surface area contributed by atoms with Crippen LogP contribution in [-0.4, -0.2) is 43.3 Å². The van der Waals surface area contributed by atoms with Crippen molar-refractivity contribution in [2.24, 2.45) is 0 Å². The number of carbonyl (C=O) groups is 1. The number of piperidine rings is 1. The van der Waals surface area contributed by atoms with Gasteiger partial charge in [0.25, 0.3) is 0 Å². The third-order valence-electron chi connectivity index (χ3n) is 3.96. The van der Waals surface area contributed by atoms with E-state index in [1.54, 1.807) is 20.3 Å². The van der Waals surface area contributed by atoms with Crippen molar-refractivity contribution in [1.29, 1.82) is 0 Å². The number of ether oxygens (including phenoxy) is 2. The average molecular weight is 293 g/mol. The Morgan fingerprint density at radius 2 is 1.71 bits per heavy atom. The SMILES string of the molecule is COc1cc(OC)cc(C(CC(=O)O)N2CCCCC2)c1. The number of likely N-dealkylation sites (tertiary alicyclic amines) is 1. The van der Waals surface area contributed by atoms with E-state index in [2.05, 4.69) is 4.90 Å². The molecule has 0 amide bonds. The second-order valence-corrected chi connectivity index (χ2v) is 5.36. The summed E-state index contributed by atoms with van der Waals surface area (Å²) in [4.78, 5) is 13.5. The lowest BCUT2D eigenvalue weighted by molar-refractivity contribution is -0.138. The third kappa shape index (κ3) is 4.11. The largest absolute Gasteiger partial charge is 0.497 e. The van der Waals surface area contributed by atoms with Gasteiger partial charge in [-0.05, 0) is 43.6 Å². The van der Waals surface area contributed by atoms with Crippen molar-refractivity contribution < 1.29 is 19.4 Å². The Bertz CT molecular complexity index is 461. The van der Waals surface area contributed by atoms with E-state index >= 15 is 0 Å². The number of aliphatic carboxylic acids is 1. The predicted molar refractivity (Wildman–Crippen MR) is 80.0 cm³/mol. The molecule has 1 heterocycles. The molecule has 0 aromatic heterocycles. The van der Waals surface area contributed by atoms with Crippen LogP contribution in [0.2, 0.25) is 0 Å². The van der Waals surface area contributed by atoms with Crippen molar-refractivity contribution in [3.05, 3.63) is 23.8 Å². The normalized spacial score (nSPS) is 17.2. The lowest BCUT2D eigenvalue weighted by Crippen LogP contribution is -2.35. The number of rotatable bonds is 6. The van der Waals surface area contributed by atoms with Crippen LogP contribution in [0.25, 0.3) is 0 Å². The van der Waals surface area contributed by atoms with Crippen LogP contribution < -0.4 is 9.47 Å². The maximum Gasteiger partial charge on any atom is 0.305 e. The van der Waals surface area contributed by atoms with Gasteiger partial charge in [-0.3, -0.25) is 9.69 Å². The van der Waals surface area contributed by atoms with Crippen LogP contribution in [0.1, 0.15) is 37.3 Å². The summed E-state index contributed by atoms with van der Waals surface area (Å²) in [6.45, 7) is 1.88. The smallest absolute Gasteiger partial charge is 0.305 e. The van der Waals surface area contributed by atoms with Crippen molar-refractivity contribution in [3.63, 3.8) is 0 Å². The molecule has 1 N–H and O–H groups in total. The van der Waals surface area contributed by atoms with Crippen molar-refractivity contribution in [1.82, 2.24) is 4.90 Å². The minimum Gasteiger partial charge on any atom is -0.497 e. The Balaban J connectivity index is 2.32. The summed E-state index contributed by atoms with van der Waals surface area (Å²) in [6, 6.07) is 5.49. The van der Waals surface area contributed by atoms with E-state index in [9.17, 15) is 9.90 Å². The predicted octanol–water partition coefficient (Wildman–Crippen LogP) is 2.71. The van der Waals surface area contributed by atoms with Crippen LogP contribution in [-0.2, 0) is 4.79 Å². The molecule has 116 valence electrons. The molecule has 1 aromatic rings. The molecule has 0 radical (unpaired) electrons. The molecule has 0 saturated carbocycles. The van der Waals surface area contributed by atoms with Crippen molar-refractivity contribution >= 4 is 5.97 Å². The average Bonchev–Trinajstić information content (AvgIpc) is 2.52.